The molecule has 1 atom stereocenters. The molecule has 0 radical (unpaired) electrons. The van der Waals surface area contributed by atoms with Crippen LogP contribution in [0.4, 0.5) is 0 Å². The molecule has 1 aromatic carbocycles. The van der Waals surface area contributed by atoms with E-state index in [1.807, 2.05) is 0 Å². The number of ether oxygens (including phenoxy) is 1. The molecular weight excluding hydrogens is 286 g/mol. The predicted molar refractivity (Wildman–Crippen MR) is 79.2 cm³/mol. The summed E-state index contributed by atoms with van der Waals surface area (Å²) in [6.07, 6.45) is 2.29. The summed E-state index contributed by atoms with van der Waals surface area (Å²) < 4.78 is 5.37. The van der Waals surface area contributed by atoms with Gasteiger partial charge in [-0.3, -0.25) is 4.79 Å². The fourth-order valence-corrected chi connectivity index (χ4v) is 2.82. The van der Waals surface area contributed by atoms with Crippen molar-refractivity contribution in [2.45, 2.75) is 32.3 Å². The highest BCUT2D eigenvalue weighted by atomic mass is 16.5. The number of aromatic amines is 1. The van der Waals surface area contributed by atoms with Crippen LogP contribution in [0.1, 0.15) is 58.7 Å². The van der Waals surface area contributed by atoms with E-state index in [0.717, 1.165) is 18.9 Å². The van der Waals surface area contributed by atoms with E-state index in [9.17, 15) is 14.4 Å². The van der Waals surface area contributed by atoms with Gasteiger partial charge in [0.25, 0.3) is 0 Å². The molecular formula is C16H15NO5. The summed E-state index contributed by atoms with van der Waals surface area (Å²) >= 11 is 0. The molecule has 1 aromatic heterocycles. The van der Waals surface area contributed by atoms with Crippen molar-refractivity contribution < 1.29 is 19.4 Å². The van der Waals surface area contributed by atoms with Gasteiger partial charge in [0, 0.05) is 11.6 Å². The van der Waals surface area contributed by atoms with Gasteiger partial charge in [-0.1, -0.05) is 19.4 Å². The highest BCUT2D eigenvalue weighted by Gasteiger charge is 2.33. The molecule has 2 heterocycles. The molecule has 3 rings (SSSR count). The Bertz CT molecular complexity index is 836. The van der Waals surface area contributed by atoms with Crippen molar-refractivity contribution in [3.05, 3.63) is 45.2 Å². The minimum Gasteiger partial charge on any atom is -0.477 e. The van der Waals surface area contributed by atoms with E-state index < -0.39 is 17.4 Å². The van der Waals surface area contributed by atoms with Gasteiger partial charge in [-0.25, -0.2) is 9.59 Å². The maximum atomic E-state index is 12.2. The van der Waals surface area contributed by atoms with Gasteiger partial charge in [0.2, 0.25) is 0 Å². The highest BCUT2D eigenvalue weighted by Crippen LogP contribution is 2.36. The number of carbonyl (C=O) groups excluding carboxylic acids is 1. The standard InChI is InChI=1S/C16H15NO5/c1-2-3-4-12-8-5-6-9-14(13(8)16(21)22-12)11(18)7-10(17-9)15(19)20/h5-7,12H,2-4H2,1H3,(H,17,18)(H,19,20). The second kappa shape index (κ2) is 5.29. The summed E-state index contributed by atoms with van der Waals surface area (Å²) in [6.45, 7) is 2.05. The van der Waals surface area contributed by atoms with Gasteiger partial charge in [-0.15, -0.1) is 0 Å². The lowest BCUT2D eigenvalue weighted by Gasteiger charge is -2.09. The zero-order chi connectivity index (χ0) is 15.9. The van der Waals surface area contributed by atoms with Gasteiger partial charge in [0.05, 0.1) is 16.5 Å². The molecule has 0 saturated carbocycles. The number of carboxylic acids is 1. The molecule has 0 saturated heterocycles. The number of H-pyrrole nitrogens is 1. The summed E-state index contributed by atoms with van der Waals surface area (Å²) in [6, 6.07) is 4.35. The normalized spacial score (nSPS) is 16.6. The average molecular weight is 301 g/mol. The molecule has 0 aliphatic carbocycles. The first-order valence-electron chi connectivity index (χ1n) is 7.17. The van der Waals surface area contributed by atoms with Crippen LogP contribution in [0.5, 0.6) is 0 Å². The van der Waals surface area contributed by atoms with Crippen molar-refractivity contribution in [1.29, 1.82) is 0 Å². The summed E-state index contributed by atoms with van der Waals surface area (Å²) in [5.74, 6) is -1.74. The van der Waals surface area contributed by atoms with Gasteiger partial charge in [0.1, 0.15) is 11.8 Å². The van der Waals surface area contributed by atoms with Crippen LogP contribution in [0.15, 0.2) is 23.0 Å². The second-order valence-corrected chi connectivity index (χ2v) is 5.34. The fraction of sp³-hybridized carbons (Fsp3) is 0.312. The summed E-state index contributed by atoms with van der Waals surface area (Å²) in [5, 5.41) is 9.19. The van der Waals surface area contributed by atoms with Gasteiger partial charge in [-0.2, -0.15) is 0 Å². The topological polar surface area (TPSA) is 96.5 Å². The summed E-state index contributed by atoms with van der Waals surface area (Å²) in [4.78, 5) is 38.0. The maximum Gasteiger partial charge on any atom is 0.352 e. The first-order chi connectivity index (χ1) is 10.5. The van der Waals surface area contributed by atoms with Crippen molar-refractivity contribution >= 4 is 22.8 Å². The Kier molecular flexibility index (Phi) is 3.44. The third-order valence-electron chi connectivity index (χ3n) is 3.88. The Hall–Kier alpha value is -2.63. The lowest BCUT2D eigenvalue weighted by atomic mass is 9.97. The number of benzene rings is 1. The lowest BCUT2D eigenvalue weighted by molar-refractivity contribution is 0.0365. The number of aromatic carboxylic acids is 1. The first kappa shape index (κ1) is 14.3. The van der Waals surface area contributed by atoms with Crippen LogP contribution in [0.3, 0.4) is 0 Å². The number of unbranched alkanes of at least 4 members (excludes halogenated alkanes) is 1. The first-order valence-corrected chi connectivity index (χ1v) is 7.17. The van der Waals surface area contributed by atoms with E-state index in [4.69, 9.17) is 9.84 Å². The number of esters is 1. The fourth-order valence-electron chi connectivity index (χ4n) is 2.82. The number of carbonyl (C=O) groups is 2. The molecule has 0 bridgehead atoms. The molecule has 1 unspecified atom stereocenters. The Morgan fingerprint density at radius 1 is 1.36 bits per heavy atom. The quantitative estimate of drug-likeness (QED) is 0.846. The number of cyclic esters (lactones) is 1. The van der Waals surface area contributed by atoms with Crippen LogP contribution < -0.4 is 5.43 Å². The third-order valence-corrected chi connectivity index (χ3v) is 3.88. The van der Waals surface area contributed by atoms with Crippen molar-refractivity contribution in [2.24, 2.45) is 0 Å². The Balaban J connectivity index is 2.21. The number of pyridine rings is 1. The van der Waals surface area contributed by atoms with E-state index in [-0.39, 0.29) is 22.7 Å². The molecule has 6 nitrogen and oxygen atoms in total. The van der Waals surface area contributed by atoms with E-state index in [2.05, 4.69) is 11.9 Å². The monoisotopic (exact) mass is 301 g/mol. The molecule has 1 aliphatic rings. The van der Waals surface area contributed by atoms with Crippen molar-refractivity contribution in [3.8, 4) is 0 Å². The number of hydrogen-bond donors (Lipinski definition) is 2. The average Bonchev–Trinajstić information content (AvgIpc) is 2.81. The van der Waals surface area contributed by atoms with Crippen LogP contribution in [0, 0.1) is 0 Å². The summed E-state index contributed by atoms with van der Waals surface area (Å²) in [7, 11) is 0. The number of aromatic nitrogens is 1. The number of fused-ring (bicyclic) bond motifs is 3. The molecule has 1 aliphatic heterocycles. The zero-order valence-electron chi connectivity index (χ0n) is 12.0. The molecule has 22 heavy (non-hydrogen) atoms. The molecule has 2 N–H and O–H groups in total. The minimum absolute atomic E-state index is 0.200. The Morgan fingerprint density at radius 2 is 2.14 bits per heavy atom. The number of carboxylic acid groups (broad SMARTS) is 1. The SMILES string of the molecule is CCCCC1OC(=O)c2c1ccc1[nH]c(C(=O)O)cc(=O)c21. The molecule has 0 spiro atoms. The number of nitrogens with one attached hydrogen (secondary N) is 1. The molecule has 114 valence electrons. The van der Waals surface area contributed by atoms with Crippen LogP contribution in [-0.4, -0.2) is 22.0 Å². The van der Waals surface area contributed by atoms with Gasteiger partial charge >= 0.3 is 11.9 Å². The Morgan fingerprint density at radius 3 is 2.82 bits per heavy atom. The smallest absolute Gasteiger partial charge is 0.352 e. The van der Waals surface area contributed by atoms with Crippen molar-refractivity contribution in [2.75, 3.05) is 0 Å². The van der Waals surface area contributed by atoms with E-state index in [1.165, 1.54) is 0 Å². The molecule has 6 heteroatoms. The Labute approximate surface area is 125 Å². The maximum absolute atomic E-state index is 12.2. The molecule has 0 fully saturated rings. The third kappa shape index (κ3) is 2.16. The van der Waals surface area contributed by atoms with Gasteiger partial charge in [0.15, 0.2) is 5.43 Å². The van der Waals surface area contributed by atoms with Crippen LogP contribution in [0.25, 0.3) is 10.9 Å². The van der Waals surface area contributed by atoms with Gasteiger partial charge < -0.3 is 14.8 Å². The van der Waals surface area contributed by atoms with Crippen LogP contribution >= 0.6 is 0 Å². The molecule has 0 amide bonds. The van der Waals surface area contributed by atoms with Crippen LogP contribution in [-0.2, 0) is 4.74 Å². The minimum atomic E-state index is -1.22. The number of rotatable bonds is 4. The van der Waals surface area contributed by atoms with E-state index in [0.29, 0.717) is 17.5 Å². The largest absolute Gasteiger partial charge is 0.477 e. The van der Waals surface area contributed by atoms with Crippen molar-refractivity contribution in [1.82, 2.24) is 4.98 Å². The zero-order valence-corrected chi connectivity index (χ0v) is 12.0. The molecule has 2 aromatic rings. The predicted octanol–water partition coefficient (Wildman–Crippen LogP) is 2.63. The van der Waals surface area contributed by atoms with Gasteiger partial charge in [-0.05, 0) is 18.9 Å². The second-order valence-electron chi connectivity index (χ2n) is 5.34. The number of hydrogen-bond acceptors (Lipinski definition) is 4. The van der Waals surface area contributed by atoms with E-state index in [1.54, 1.807) is 12.1 Å². The van der Waals surface area contributed by atoms with E-state index >= 15 is 0 Å². The highest BCUT2D eigenvalue weighted by molar-refractivity contribution is 6.07. The van der Waals surface area contributed by atoms with Crippen LogP contribution in [0.2, 0.25) is 0 Å². The van der Waals surface area contributed by atoms with Crippen molar-refractivity contribution in [3.63, 3.8) is 0 Å². The summed E-state index contributed by atoms with van der Waals surface area (Å²) in [5.41, 5.74) is 0.607. The lowest BCUT2D eigenvalue weighted by Crippen LogP contribution is -2.12.